The molecular weight excluding hydrogens is 240 g/mol. The van der Waals surface area contributed by atoms with Gasteiger partial charge in [0.2, 0.25) is 5.16 Å². The summed E-state index contributed by atoms with van der Waals surface area (Å²) in [6, 6.07) is 4.86. The predicted molar refractivity (Wildman–Crippen MR) is 51.4 cm³/mol. The Morgan fingerprint density at radius 2 is 2.19 bits per heavy atom. The van der Waals surface area contributed by atoms with Gasteiger partial charge in [0.05, 0.1) is 0 Å². The van der Waals surface area contributed by atoms with Gasteiger partial charge in [-0.1, -0.05) is 6.07 Å². The second-order valence-electron chi connectivity index (χ2n) is 2.84. The summed E-state index contributed by atoms with van der Waals surface area (Å²) >= 11 is -0.153. The third kappa shape index (κ3) is 1.83. The van der Waals surface area contributed by atoms with E-state index in [1.807, 2.05) is 0 Å². The molecule has 2 aromatic rings. The van der Waals surface area contributed by atoms with Crippen molar-refractivity contribution in [3.63, 3.8) is 0 Å². The molecule has 16 heavy (non-hydrogen) atoms. The molecule has 0 aliphatic rings. The van der Waals surface area contributed by atoms with Crippen LogP contribution in [0, 0.1) is 0 Å². The molecule has 0 aliphatic carbocycles. The van der Waals surface area contributed by atoms with Crippen LogP contribution in [0.2, 0.25) is 0 Å². The highest BCUT2D eigenvalue weighted by Crippen LogP contribution is 2.34. The van der Waals surface area contributed by atoms with Crippen LogP contribution in [0.4, 0.5) is 8.78 Å². The van der Waals surface area contributed by atoms with E-state index in [2.05, 4.69) is 10.2 Å². The molecule has 0 unspecified atom stereocenters. The number of halogens is 2. The van der Waals surface area contributed by atoms with Crippen LogP contribution in [-0.4, -0.2) is 30.9 Å². The number of carboxylic acid groups (broad SMARTS) is 1. The van der Waals surface area contributed by atoms with Crippen LogP contribution in [0.25, 0.3) is 5.65 Å². The molecule has 0 bridgehead atoms. The van der Waals surface area contributed by atoms with Crippen molar-refractivity contribution in [2.24, 2.45) is 0 Å². The maximum absolute atomic E-state index is 12.9. The zero-order valence-corrected chi connectivity index (χ0v) is 8.49. The summed E-state index contributed by atoms with van der Waals surface area (Å²) < 4.78 is 27.1. The van der Waals surface area contributed by atoms with Crippen molar-refractivity contribution in [1.29, 1.82) is 0 Å². The van der Waals surface area contributed by atoms with Gasteiger partial charge in [-0.15, -0.1) is 10.2 Å². The number of rotatable bonds is 3. The van der Waals surface area contributed by atoms with Crippen LogP contribution in [0.3, 0.4) is 0 Å². The number of nitrogens with zero attached hydrogens (tertiary/aromatic N) is 3. The second kappa shape index (κ2) is 3.71. The maximum atomic E-state index is 12.9. The zero-order chi connectivity index (χ0) is 11.8. The molecule has 2 rings (SSSR count). The Labute approximate surface area is 92.1 Å². The number of hydrogen-bond acceptors (Lipinski definition) is 4. The number of aliphatic carboxylic acids is 1. The zero-order valence-electron chi connectivity index (χ0n) is 7.67. The van der Waals surface area contributed by atoms with Crippen LogP contribution in [-0.2, 0) is 4.79 Å². The van der Waals surface area contributed by atoms with Crippen molar-refractivity contribution in [1.82, 2.24) is 14.6 Å². The first-order valence-corrected chi connectivity index (χ1v) is 4.92. The average molecular weight is 245 g/mol. The Kier molecular flexibility index (Phi) is 2.50. The lowest BCUT2D eigenvalue weighted by molar-refractivity contribution is -0.152. The Morgan fingerprint density at radius 1 is 1.44 bits per heavy atom. The lowest BCUT2D eigenvalue weighted by Gasteiger charge is -2.07. The molecule has 0 saturated carbocycles. The van der Waals surface area contributed by atoms with Crippen LogP contribution in [0.1, 0.15) is 0 Å². The third-order valence-electron chi connectivity index (χ3n) is 1.75. The number of alkyl halides is 2. The van der Waals surface area contributed by atoms with Crippen molar-refractivity contribution < 1.29 is 18.7 Å². The summed E-state index contributed by atoms with van der Waals surface area (Å²) in [7, 11) is 0. The molecule has 84 valence electrons. The lowest BCUT2D eigenvalue weighted by atomic mass is 10.5. The Morgan fingerprint density at radius 3 is 2.88 bits per heavy atom. The Hall–Kier alpha value is -1.70. The number of aromatic nitrogens is 3. The first-order chi connectivity index (χ1) is 7.50. The Balaban J connectivity index is 2.38. The summed E-state index contributed by atoms with van der Waals surface area (Å²) in [4.78, 5) is 10.3. The van der Waals surface area contributed by atoms with Crippen LogP contribution in [0.5, 0.6) is 0 Å². The van der Waals surface area contributed by atoms with Gasteiger partial charge in [-0.2, -0.15) is 8.78 Å². The number of fused-ring (bicyclic) bond motifs is 1. The van der Waals surface area contributed by atoms with Gasteiger partial charge in [0.15, 0.2) is 5.65 Å². The Bertz CT molecular complexity index is 543. The molecule has 2 aromatic heterocycles. The van der Waals surface area contributed by atoms with Crippen molar-refractivity contribution >= 4 is 23.4 Å². The minimum absolute atomic E-state index is 0.153. The SMILES string of the molecule is O=C(O)C(F)(F)Sc1nnc2ccccn12. The van der Waals surface area contributed by atoms with Crippen molar-refractivity contribution in [2.75, 3.05) is 0 Å². The third-order valence-corrected chi connectivity index (χ3v) is 2.64. The van der Waals surface area contributed by atoms with E-state index in [-0.39, 0.29) is 16.9 Å². The summed E-state index contributed by atoms with van der Waals surface area (Å²) in [6.45, 7) is 0. The smallest absolute Gasteiger partial charge is 0.395 e. The number of pyridine rings is 1. The van der Waals surface area contributed by atoms with E-state index < -0.39 is 11.2 Å². The minimum atomic E-state index is -3.92. The van der Waals surface area contributed by atoms with Crippen LogP contribution >= 0.6 is 11.8 Å². The average Bonchev–Trinajstić information content (AvgIpc) is 2.61. The topological polar surface area (TPSA) is 67.5 Å². The van der Waals surface area contributed by atoms with Gasteiger partial charge < -0.3 is 5.11 Å². The van der Waals surface area contributed by atoms with E-state index in [0.29, 0.717) is 5.65 Å². The standard InChI is InChI=1S/C8H5F2N3O2S/c9-8(10,6(14)15)16-7-12-11-5-3-1-2-4-13(5)7/h1-4H,(H,14,15). The van der Waals surface area contributed by atoms with Gasteiger partial charge in [0.25, 0.3) is 0 Å². The first kappa shape index (κ1) is 10.8. The van der Waals surface area contributed by atoms with E-state index >= 15 is 0 Å². The molecule has 2 heterocycles. The molecule has 0 fully saturated rings. The minimum Gasteiger partial charge on any atom is -0.476 e. The highest BCUT2D eigenvalue weighted by Gasteiger charge is 2.41. The molecular formula is C8H5F2N3O2S. The van der Waals surface area contributed by atoms with E-state index in [1.54, 1.807) is 18.2 Å². The van der Waals surface area contributed by atoms with Gasteiger partial charge in [-0.05, 0) is 12.1 Å². The van der Waals surface area contributed by atoms with Gasteiger partial charge in [0, 0.05) is 18.0 Å². The van der Waals surface area contributed by atoms with Gasteiger partial charge in [-0.3, -0.25) is 4.40 Å². The summed E-state index contributed by atoms with van der Waals surface area (Å²) in [5.74, 6) is -2.20. The highest BCUT2D eigenvalue weighted by molar-refractivity contribution is 8.00. The lowest BCUT2D eigenvalue weighted by Crippen LogP contribution is -2.23. The molecule has 5 nitrogen and oxygen atoms in total. The molecule has 0 atom stereocenters. The van der Waals surface area contributed by atoms with Gasteiger partial charge in [0.1, 0.15) is 0 Å². The van der Waals surface area contributed by atoms with Crippen LogP contribution in [0.15, 0.2) is 29.6 Å². The molecule has 0 spiro atoms. The molecule has 1 N–H and O–H groups in total. The molecule has 0 aromatic carbocycles. The highest BCUT2D eigenvalue weighted by atomic mass is 32.2. The quantitative estimate of drug-likeness (QED) is 0.830. The van der Waals surface area contributed by atoms with E-state index in [0.717, 1.165) is 0 Å². The molecule has 0 aliphatic heterocycles. The largest absolute Gasteiger partial charge is 0.476 e. The normalized spacial score (nSPS) is 11.9. The number of thioether (sulfide) groups is 1. The second-order valence-corrected chi connectivity index (χ2v) is 3.92. The summed E-state index contributed by atoms with van der Waals surface area (Å²) in [5.41, 5.74) is 0.381. The van der Waals surface area contributed by atoms with Crippen molar-refractivity contribution in [3.05, 3.63) is 24.4 Å². The summed E-state index contributed by atoms with van der Waals surface area (Å²) in [6.07, 6.45) is 1.48. The fourth-order valence-corrected chi connectivity index (χ4v) is 1.70. The fraction of sp³-hybridized carbons (Fsp3) is 0.125. The predicted octanol–water partition coefficient (Wildman–Crippen LogP) is 1.50. The number of carboxylic acids is 1. The van der Waals surface area contributed by atoms with Crippen LogP contribution < -0.4 is 0 Å². The van der Waals surface area contributed by atoms with Crippen molar-refractivity contribution in [3.8, 4) is 0 Å². The summed E-state index contributed by atoms with van der Waals surface area (Å²) in [5, 5.41) is 11.3. The molecule has 8 heteroatoms. The monoisotopic (exact) mass is 245 g/mol. The van der Waals surface area contributed by atoms with Gasteiger partial charge >= 0.3 is 11.2 Å². The fourth-order valence-electron chi connectivity index (χ4n) is 1.05. The van der Waals surface area contributed by atoms with E-state index in [1.165, 1.54) is 10.6 Å². The molecule has 0 amide bonds. The number of carbonyl (C=O) groups is 1. The first-order valence-electron chi connectivity index (χ1n) is 4.11. The van der Waals surface area contributed by atoms with E-state index in [9.17, 15) is 13.6 Å². The maximum Gasteiger partial charge on any atom is 0.395 e. The van der Waals surface area contributed by atoms with E-state index in [4.69, 9.17) is 5.11 Å². The number of hydrogen-bond donors (Lipinski definition) is 1. The molecule has 0 radical (unpaired) electrons. The van der Waals surface area contributed by atoms with Crippen molar-refractivity contribution in [2.45, 2.75) is 10.4 Å². The van der Waals surface area contributed by atoms with Gasteiger partial charge in [-0.25, -0.2) is 4.79 Å². The molecule has 0 saturated heterocycles.